The van der Waals surface area contributed by atoms with E-state index in [9.17, 15) is 4.79 Å². The van der Waals surface area contributed by atoms with Gasteiger partial charge in [-0.1, -0.05) is 24.3 Å². The summed E-state index contributed by atoms with van der Waals surface area (Å²) in [6.07, 6.45) is 1.90. The van der Waals surface area contributed by atoms with Gasteiger partial charge in [-0.3, -0.25) is 4.79 Å². The number of benzene rings is 1. The van der Waals surface area contributed by atoms with Gasteiger partial charge in [-0.05, 0) is 37.8 Å². The van der Waals surface area contributed by atoms with E-state index < -0.39 is 0 Å². The molecule has 0 heterocycles. The molecule has 1 fully saturated rings. The first-order valence-electron chi connectivity index (χ1n) is 6.67. The van der Waals surface area contributed by atoms with Crippen molar-refractivity contribution >= 4 is 5.91 Å². The van der Waals surface area contributed by atoms with Gasteiger partial charge in [0.25, 0.3) is 0 Å². The second-order valence-corrected chi connectivity index (χ2v) is 5.23. The average molecular weight is 246 g/mol. The van der Waals surface area contributed by atoms with E-state index in [-0.39, 0.29) is 11.3 Å². The summed E-state index contributed by atoms with van der Waals surface area (Å²) in [6, 6.07) is 8.23. The van der Waals surface area contributed by atoms with Crippen LogP contribution in [0.2, 0.25) is 0 Å². The molecular weight excluding hydrogens is 224 g/mol. The Kier molecular flexibility index (Phi) is 3.71. The van der Waals surface area contributed by atoms with Gasteiger partial charge in [0, 0.05) is 19.6 Å². The van der Waals surface area contributed by atoms with E-state index in [2.05, 4.69) is 19.1 Å². The van der Waals surface area contributed by atoms with Crippen LogP contribution in [0.5, 0.6) is 0 Å². The summed E-state index contributed by atoms with van der Waals surface area (Å²) in [4.78, 5) is 14.4. The van der Waals surface area contributed by atoms with E-state index in [1.807, 2.05) is 24.0 Å². The number of amides is 1. The topological polar surface area (TPSA) is 46.3 Å². The predicted molar refractivity (Wildman–Crippen MR) is 73.0 cm³/mol. The lowest BCUT2D eigenvalue weighted by Gasteiger charge is -2.26. The number of hydrogen-bond donors (Lipinski definition) is 1. The normalized spacial score (nSPS) is 16.4. The van der Waals surface area contributed by atoms with E-state index in [0.717, 1.165) is 19.4 Å². The predicted octanol–water partition coefficient (Wildman–Crippen LogP) is 2.08. The summed E-state index contributed by atoms with van der Waals surface area (Å²) in [5.74, 6) is 0.232. The first kappa shape index (κ1) is 13.1. The quantitative estimate of drug-likeness (QED) is 0.864. The van der Waals surface area contributed by atoms with Gasteiger partial charge in [-0.15, -0.1) is 0 Å². The van der Waals surface area contributed by atoms with Crippen molar-refractivity contribution < 1.29 is 4.79 Å². The smallest absolute Gasteiger partial charge is 0.230 e. The molecule has 18 heavy (non-hydrogen) atoms. The van der Waals surface area contributed by atoms with Crippen LogP contribution in [0, 0.1) is 12.3 Å². The van der Waals surface area contributed by atoms with E-state index in [0.29, 0.717) is 13.1 Å². The van der Waals surface area contributed by atoms with Crippen LogP contribution in [0.15, 0.2) is 24.3 Å². The summed E-state index contributed by atoms with van der Waals surface area (Å²) < 4.78 is 0. The molecule has 98 valence electrons. The van der Waals surface area contributed by atoms with Crippen LogP contribution in [0.25, 0.3) is 0 Å². The molecule has 1 aliphatic rings. The molecule has 0 radical (unpaired) electrons. The van der Waals surface area contributed by atoms with Crippen LogP contribution in [-0.4, -0.2) is 23.9 Å². The Bertz CT molecular complexity index is 438. The molecule has 1 aliphatic carbocycles. The van der Waals surface area contributed by atoms with E-state index in [1.165, 1.54) is 11.1 Å². The zero-order valence-electron chi connectivity index (χ0n) is 11.3. The van der Waals surface area contributed by atoms with Crippen LogP contribution in [-0.2, 0) is 11.3 Å². The fraction of sp³-hybridized carbons (Fsp3) is 0.533. The highest BCUT2D eigenvalue weighted by molar-refractivity contribution is 5.85. The van der Waals surface area contributed by atoms with E-state index in [4.69, 9.17) is 5.73 Å². The Morgan fingerprint density at radius 2 is 2.06 bits per heavy atom. The molecule has 0 atom stereocenters. The van der Waals surface area contributed by atoms with Gasteiger partial charge in [0.05, 0.1) is 5.41 Å². The Hall–Kier alpha value is -1.35. The summed E-state index contributed by atoms with van der Waals surface area (Å²) >= 11 is 0. The monoisotopic (exact) mass is 246 g/mol. The summed E-state index contributed by atoms with van der Waals surface area (Å²) in [5.41, 5.74) is 7.96. The van der Waals surface area contributed by atoms with Crippen LogP contribution >= 0.6 is 0 Å². The molecule has 3 heteroatoms. The zero-order valence-corrected chi connectivity index (χ0v) is 11.3. The second-order valence-electron chi connectivity index (χ2n) is 5.23. The molecule has 2 rings (SSSR count). The third-order valence-corrected chi connectivity index (χ3v) is 3.99. The number of aryl methyl sites for hydroxylation is 1. The van der Waals surface area contributed by atoms with Crippen molar-refractivity contribution in [3.63, 3.8) is 0 Å². The van der Waals surface area contributed by atoms with Gasteiger partial charge in [-0.2, -0.15) is 0 Å². The Balaban J connectivity index is 2.11. The molecule has 1 saturated carbocycles. The maximum Gasteiger partial charge on any atom is 0.230 e. The van der Waals surface area contributed by atoms with Gasteiger partial charge >= 0.3 is 0 Å². The third kappa shape index (κ3) is 2.41. The van der Waals surface area contributed by atoms with Gasteiger partial charge in [-0.25, -0.2) is 0 Å². The number of nitrogens with two attached hydrogens (primary N) is 1. The largest absolute Gasteiger partial charge is 0.338 e. The number of carbonyl (C=O) groups is 1. The Morgan fingerprint density at radius 1 is 1.39 bits per heavy atom. The van der Waals surface area contributed by atoms with Crippen LogP contribution in [0.3, 0.4) is 0 Å². The molecule has 1 aromatic rings. The lowest BCUT2D eigenvalue weighted by molar-refractivity contribution is -0.137. The van der Waals surface area contributed by atoms with Crippen molar-refractivity contribution in [3.05, 3.63) is 35.4 Å². The second kappa shape index (κ2) is 5.11. The Labute approximate surface area is 109 Å². The minimum absolute atomic E-state index is 0.232. The van der Waals surface area contributed by atoms with Gasteiger partial charge in [0.2, 0.25) is 5.91 Å². The highest BCUT2D eigenvalue weighted by atomic mass is 16.2. The summed E-state index contributed by atoms with van der Waals surface area (Å²) in [5, 5.41) is 0. The van der Waals surface area contributed by atoms with Gasteiger partial charge in [0.15, 0.2) is 0 Å². The van der Waals surface area contributed by atoms with Crippen molar-refractivity contribution in [2.24, 2.45) is 11.1 Å². The molecular formula is C15H22N2O. The molecule has 0 spiro atoms. The fourth-order valence-corrected chi connectivity index (χ4v) is 2.31. The molecule has 2 N–H and O–H groups in total. The van der Waals surface area contributed by atoms with Crippen molar-refractivity contribution in [1.29, 1.82) is 0 Å². The van der Waals surface area contributed by atoms with Crippen molar-refractivity contribution in [1.82, 2.24) is 4.90 Å². The molecule has 0 unspecified atom stereocenters. The zero-order chi connectivity index (χ0) is 13.2. The highest BCUT2D eigenvalue weighted by Gasteiger charge is 2.50. The van der Waals surface area contributed by atoms with Gasteiger partial charge < -0.3 is 10.6 Å². The lowest BCUT2D eigenvalue weighted by atomic mass is 10.0. The van der Waals surface area contributed by atoms with E-state index in [1.54, 1.807) is 0 Å². The fourth-order valence-electron chi connectivity index (χ4n) is 2.31. The minimum Gasteiger partial charge on any atom is -0.338 e. The first-order valence-corrected chi connectivity index (χ1v) is 6.67. The molecule has 0 bridgehead atoms. The standard InChI is InChI=1S/C15H22N2O/c1-3-17(14(18)15(11-16)8-9-15)10-13-7-5-4-6-12(13)2/h4-7H,3,8-11,16H2,1-2H3. The summed E-state index contributed by atoms with van der Waals surface area (Å²) in [7, 11) is 0. The number of carbonyl (C=O) groups excluding carboxylic acids is 1. The van der Waals surface area contributed by atoms with Crippen LogP contribution in [0.4, 0.5) is 0 Å². The third-order valence-electron chi connectivity index (χ3n) is 3.99. The molecule has 3 nitrogen and oxygen atoms in total. The highest BCUT2D eigenvalue weighted by Crippen LogP contribution is 2.46. The van der Waals surface area contributed by atoms with Crippen molar-refractivity contribution in [3.8, 4) is 0 Å². The average Bonchev–Trinajstić information content (AvgIpc) is 3.18. The van der Waals surface area contributed by atoms with Gasteiger partial charge in [0.1, 0.15) is 0 Å². The maximum atomic E-state index is 12.5. The number of rotatable bonds is 5. The minimum atomic E-state index is -0.237. The van der Waals surface area contributed by atoms with E-state index >= 15 is 0 Å². The Morgan fingerprint density at radius 3 is 2.56 bits per heavy atom. The molecule has 0 saturated heterocycles. The van der Waals surface area contributed by atoms with Crippen molar-refractivity contribution in [2.45, 2.75) is 33.2 Å². The van der Waals surface area contributed by atoms with Crippen molar-refractivity contribution in [2.75, 3.05) is 13.1 Å². The number of hydrogen-bond acceptors (Lipinski definition) is 2. The van der Waals surface area contributed by atoms with Crippen LogP contribution in [0.1, 0.15) is 30.9 Å². The molecule has 1 amide bonds. The SMILES string of the molecule is CCN(Cc1ccccc1C)C(=O)C1(CN)CC1. The first-order chi connectivity index (χ1) is 8.63. The lowest BCUT2D eigenvalue weighted by Crippen LogP contribution is -2.40. The molecule has 0 aliphatic heterocycles. The summed E-state index contributed by atoms with van der Waals surface area (Å²) in [6.45, 7) is 6.04. The number of nitrogens with zero attached hydrogens (tertiary/aromatic N) is 1. The maximum absolute atomic E-state index is 12.5. The molecule has 1 aromatic carbocycles. The van der Waals surface area contributed by atoms with Crippen LogP contribution < -0.4 is 5.73 Å². The molecule has 0 aromatic heterocycles.